The molecule has 2 heterocycles. The lowest BCUT2D eigenvalue weighted by Gasteiger charge is -2.22. The van der Waals surface area contributed by atoms with Crippen LogP contribution < -0.4 is 9.64 Å². The molecule has 0 saturated carbocycles. The van der Waals surface area contributed by atoms with Crippen LogP contribution in [0.25, 0.3) is 11.4 Å². The van der Waals surface area contributed by atoms with Gasteiger partial charge in [0, 0.05) is 36.4 Å². The summed E-state index contributed by atoms with van der Waals surface area (Å²) in [5, 5.41) is 0.576. The van der Waals surface area contributed by atoms with Crippen LogP contribution in [0.5, 0.6) is 5.75 Å². The van der Waals surface area contributed by atoms with Gasteiger partial charge in [-0.1, -0.05) is 17.7 Å². The van der Waals surface area contributed by atoms with Crippen molar-refractivity contribution >= 4 is 29.1 Å². The number of aryl methyl sites for hydroxylation is 1. The molecule has 4 rings (SSSR count). The fourth-order valence-corrected chi connectivity index (χ4v) is 4.39. The first-order valence-electron chi connectivity index (χ1n) is 10.7. The number of rotatable bonds is 5. The molecule has 8 heteroatoms. The third-order valence-electron chi connectivity index (χ3n) is 5.84. The number of aromatic nitrogens is 2. The highest BCUT2D eigenvalue weighted by atomic mass is 35.5. The predicted molar refractivity (Wildman–Crippen MR) is 129 cm³/mol. The van der Waals surface area contributed by atoms with Crippen molar-refractivity contribution in [2.45, 2.75) is 33.4 Å². The van der Waals surface area contributed by atoms with Crippen molar-refractivity contribution in [1.82, 2.24) is 14.5 Å². The maximum atomic E-state index is 13.4. The van der Waals surface area contributed by atoms with Crippen LogP contribution in [0, 0.1) is 6.92 Å². The number of amides is 2. The Morgan fingerprint density at radius 3 is 2.55 bits per heavy atom. The second kappa shape index (κ2) is 8.56. The Morgan fingerprint density at radius 2 is 1.91 bits per heavy atom. The SMILES string of the molecule is COc1ccc(C(=O)N(C)C)cc1-c1nc2c(n1C(C)C)CN(c1cc(Cl)ccc1C)C2=O. The second-order valence-corrected chi connectivity index (χ2v) is 9.07. The number of carbonyl (C=O) groups excluding carboxylic acids is 2. The van der Waals surface area contributed by atoms with Gasteiger partial charge in [0.15, 0.2) is 5.69 Å². The van der Waals surface area contributed by atoms with Crippen LogP contribution in [0.4, 0.5) is 5.69 Å². The number of benzene rings is 2. The van der Waals surface area contributed by atoms with Crippen LogP contribution >= 0.6 is 11.6 Å². The van der Waals surface area contributed by atoms with Gasteiger partial charge in [-0.15, -0.1) is 0 Å². The summed E-state index contributed by atoms with van der Waals surface area (Å²) in [5.41, 5.74) is 4.17. The van der Waals surface area contributed by atoms with Crippen LogP contribution in [-0.2, 0) is 6.54 Å². The smallest absolute Gasteiger partial charge is 0.279 e. The van der Waals surface area contributed by atoms with Crippen molar-refractivity contribution in [2.24, 2.45) is 0 Å². The Morgan fingerprint density at radius 1 is 1.18 bits per heavy atom. The molecule has 33 heavy (non-hydrogen) atoms. The maximum absolute atomic E-state index is 13.4. The molecule has 0 bridgehead atoms. The van der Waals surface area contributed by atoms with Gasteiger partial charge in [-0.25, -0.2) is 4.98 Å². The number of hydrogen-bond donors (Lipinski definition) is 0. The molecule has 3 aromatic rings. The number of nitrogens with zero attached hydrogens (tertiary/aromatic N) is 4. The molecule has 172 valence electrons. The summed E-state index contributed by atoms with van der Waals surface area (Å²) in [5.74, 6) is 0.908. The van der Waals surface area contributed by atoms with Crippen molar-refractivity contribution in [3.8, 4) is 17.1 Å². The van der Waals surface area contributed by atoms with E-state index >= 15 is 0 Å². The van der Waals surface area contributed by atoms with Crippen molar-refractivity contribution in [2.75, 3.05) is 26.1 Å². The van der Waals surface area contributed by atoms with E-state index in [1.807, 2.05) is 32.9 Å². The Bertz CT molecular complexity index is 1260. The molecule has 1 aromatic heterocycles. The minimum absolute atomic E-state index is 0.0300. The van der Waals surface area contributed by atoms with Gasteiger partial charge in [0.2, 0.25) is 0 Å². The van der Waals surface area contributed by atoms with Crippen LogP contribution in [0.1, 0.15) is 52.0 Å². The van der Waals surface area contributed by atoms with E-state index in [-0.39, 0.29) is 17.9 Å². The van der Waals surface area contributed by atoms with Gasteiger partial charge in [-0.3, -0.25) is 9.59 Å². The Kier molecular flexibility index (Phi) is 5.93. The molecular formula is C25H27ClN4O3. The molecule has 2 amide bonds. The minimum atomic E-state index is -0.171. The molecule has 7 nitrogen and oxygen atoms in total. The molecule has 0 unspecified atom stereocenters. The molecule has 0 atom stereocenters. The fourth-order valence-electron chi connectivity index (χ4n) is 4.23. The van der Waals surface area contributed by atoms with Gasteiger partial charge in [-0.05, 0) is 56.7 Å². The van der Waals surface area contributed by atoms with Gasteiger partial charge in [-0.2, -0.15) is 0 Å². The van der Waals surface area contributed by atoms with Crippen molar-refractivity contribution < 1.29 is 14.3 Å². The van der Waals surface area contributed by atoms with Gasteiger partial charge in [0.05, 0.1) is 24.9 Å². The zero-order chi connectivity index (χ0) is 24.0. The third-order valence-corrected chi connectivity index (χ3v) is 6.07. The highest BCUT2D eigenvalue weighted by Crippen LogP contribution is 2.39. The first kappa shape index (κ1) is 22.9. The van der Waals surface area contributed by atoms with Crippen LogP contribution in [0.2, 0.25) is 5.02 Å². The molecule has 0 saturated heterocycles. The molecule has 0 aliphatic carbocycles. The normalized spacial score (nSPS) is 13.0. The first-order valence-corrected chi connectivity index (χ1v) is 11.1. The summed E-state index contributed by atoms with van der Waals surface area (Å²) in [6.07, 6.45) is 0. The van der Waals surface area contributed by atoms with Crippen LogP contribution in [0.15, 0.2) is 36.4 Å². The van der Waals surface area contributed by atoms with Gasteiger partial charge in [0.1, 0.15) is 11.6 Å². The van der Waals surface area contributed by atoms with Gasteiger partial charge in [0.25, 0.3) is 11.8 Å². The van der Waals surface area contributed by atoms with Gasteiger partial charge < -0.3 is 19.1 Å². The third kappa shape index (κ3) is 3.86. The topological polar surface area (TPSA) is 67.7 Å². The average molecular weight is 467 g/mol. The molecule has 0 fully saturated rings. The molecule has 2 aromatic carbocycles. The number of hydrogen-bond acceptors (Lipinski definition) is 4. The van der Waals surface area contributed by atoms with Gasteiger partial charge >= 0.3 is 0 Å². The molecule has 0 radical (unpaired) electrons. The molecule has 0 spiro atoms. The summed E-state index contributed by atoms with van der Waals surface area (Å²) < 4.78 is 7.64. The Labute approximate surface area is 198 Å². The highest BCUT2D eigenvalue weighted by Gasteiger charge is 2.37. The van der Waals surface area contributed by atoms with E-state index in [0.717, 1.165) is 16.9 Å². The summed E-state index contributed by atoms with van der Waals surface area (Å²) in [6.45, 7) is 6.43. The molecule has 1 aliphatic rings. The monoisotopic (exact) mass is 466 g/mol. The number of carbonyl (C=O) groups is 2. The number of anilines is 1. The average Bonchev–Trinajstić information content (AvgIpc) is 3.31. The van der Waals surface area contributed by atoms with Crippen molar-refractivity contribution in [3.05, 3.63) is 63.9 Å². The maximum Gasteiger partial charge on any atom is 0.279 e. The van der Waals surface area contributed by atoms with E-state index in [1.165, 1.54) is 4.90 Å². The highest BCUT2D eigenvalue weighted by molar-refractivity contribution is 6.31. The summed E-state index contributed by atoms with van der Waals surface area (Å²) in [4.78, 5) is 34.0. The predicted octanol–water partition coefficient (Wildman–Crippen LogP) is 4.96. The van der Waals surface area contributed by atoms with E-state index in [0.29, 0.717) is 40.0 Å². The number of imidazole rings is 1. The molecule has 1 aliphatic heterocycles. The minimum Gasteiger partial charge on any atom is -0.496 e. The largest absolute Gasteiger partial charge is 0.496 e. The lowest BCUT2D eigenvalue weighted by Crippen LogP contribution is -2.25. The van der Waals surface area contributed by atoms with E-state index in [9.17, 15) is 9.59 Å². The first-order chi connectivity index (χ1) is 15.6. The van der Waals surface area contributed by atoms with Crippen molar-refractivity contribution in [1.29, 1.82) is 0 Å². The van der Waals surface area contributed by atoms with E-state index in [4.69, 9.17) is 21.3 Å². The fraction of sp³-hybridized carbons (Fsp3) is 0.320. The Hall–Kier alpha value is -3.32. The van der Waals surface area contributed by atoms with E-state index in [1.54, 1.807) is 50.4 Å². The quantitative estimate of drug-likeness (QED) is 0.532. The summed E-state index contributed by atoms with van der Waals surface area (Å²) in [6, 6.07) is 10.8. The van der Waals surface area contributed by atoms with Crippen LogP contribution in [0.3, 0.4) is 0 Å². The lowest BCUT2D eigenvalue weighted by atomic mass is 10.1. The number of ether oxygens (including phenoxy) is 1. The Balaban J connectivity index is 1.85. The molecular weight excluding hydrogens is 440 g/mol. The zero-order valence-electron chi connectivity index (χ0n) is 19.6. The standard InChI is InChI=1S/C25H27ClN4O3/c1-14(2)30-20-13-29(19-12-17(26)9-7-15(19)3)25(32)22(20)27-23(30)18-11-16(24(31)28(4)5)8-10-21(18)33-6/h7-12,14H,13H2,1-6H3. The lowest BCUT2D eigenvalue weighted by molar-refractivity contribution is 0.0827. The van der Waals surface area contributed by atoms with Crippen LogP contribution in [-0.4, -0.2) is 47.5 Å². The van der Waals surface area contributed by atoms with E-state index in [2.05, 4.69) is 4.57 Å². The van der Waals surface area contributed by atoms with E-state index < -0.39 is 0 Å². The number of methoxy groups -OCH3 is 1. The molecule has 0 N–H and O–H groups in total. The number of fused-ring (bicyclic) bond motifs is 1. The summed E-state index contributed by atoms with van der Waals surface area (Å²) >= 11 is 6.21. The number of halogens is 1. The summed E-state index contributed by atoms with van der Waals surface area (Å²) in [7, 11) is 5.00. The second-order valence-electron chi connectivity index (χ2n) is 8.63. The van der Waals surface area contributed by atoms with Crippen molar-refractivity contribution in [3.63, 3.8) is 0 Å². The zero-order valence-corrected chi connectivity index (χ0v) is 20.4.